The Hall–Kier alpha value is -3.33. The third-order valence-electron chi connectivity index (χ3n) is 4.77. The molecule has 0 saturated heterocycles. The molecule has 3 aromatic carbocycles. The lowest BCUT2D eigenvalue weighted by Gasteiger charge is -2.12. The number of amides is 1. The van der Waals surface area contributed by atoms with Gasteiger partial charge in [0, 0.05) is 30.9 Å². The van der Waals surface area contributed by atoms with E-state index in [9.17, 15) is 13.2 Å². The van der Waals surface area contributed by atoms with Crippen molar-refractivity contribution >= 4 is 33.0 Å². The average Bonchev–Trinajstić information content (AvgIpc) is 3.26. The Balaban J connectivity index is 1.72. The average molecular weight is 464 g/mol. The van der Waals surface area contributed by atoms with E-state index in [1.54, 1.807) is 12.1 Å². The summed E-state index contributed by atoms with van der Waals surface area (Å²) in [6, 6.07) is 25.4. The van der Waals surface area contributed by atoms with Crippen molar-refractivity contribution < 1.29 is 13.2 Å². The van der Waals surface area contributed by atoms with Gasteiger partial charge in [0.1, 0.15) is 9.88 Å². The molecule has 0 radical (unpaired) electrons. The molecule has 4 rings (SSSR count). The summed E-state index contributed by atoms with van der Waals surface area (Å²) >= 11 is 1.30. The van der Waals surface area contributed by atoms with Crippen molar-refractivity contribution in [3.05, 3.63) is 89.8 Å². The van der Waals surface area contributed by atoms with Crippen LogP contribution in [0.3, 0.4) is 0 Å². The van der Waals surface area contributed by atoms with Gasteiger partial charge in [-0.05, 0) is 18.2 Å². The Morgan fingerprint density at radius 2 is 1.50 bits per heavy atom. The Kier molecular flexibility index (Phi) is 6.18. The molecule has 1 N–H and O–H groups in total. The first-order chi connectivity index (χ1) is 15.4. The number of carbonyl (C=O) groups excluding carboxylic acids is 1. The van der Waals surface area contributed by atoms with Crippen molar-refractivity contribution in [1.29, 1.82) is 0 Å². The zero-order valence-electron chi connectivity index (χ0n) is 17.5. The molecule has 32 heavy (non-hydrogen) atoms. The summed E-state index contributed by atoms with van der Waals surface area (Å²) in [5.74, 6) is -0.345. The van der Waals surface area contributed by atoms with E-state index >= 15 is 0 Å². The summed E-state index contributed by atoms with van der Waals surface area (Å²) in [5, 5.41) is 3.57. The number of sulfonamides is 1. The van der Waals surface area contributed by atoms with E-state index in [-0.39, 0.29) is 10.8 Å². The van der Waals surface area contributed by atoms with E-state index < -0.39 is 10.0 Å². The molecule has 6 nitrogen and oxygen atoms in total. The molecule has 0 unspecified atom stereocenters. The third kappa shape index (κ3) is 4.47. The summed E-state index contributed by atoms with van der Waals surface area (Å²) in [7, 11) is -0.676. The van der Waals surface area contributed by atoms with Crippen LogP contribution < -0.4 is 5.32 Å². The van der Waals surface area contributed by atoms with Crippen molar-refractivity contribution in [2.24, 2.45) is 0 Å². The minimum atomic E-state index is -3.61. The van der Waals surface area contributed by atoms with Gasteiger partial charge in [-0.3, -0.25) is 4.79 Å². The Morgan fingerprint density at radius 1 is 0.875 bits per heavy atom. The van der Waals surface area contributed by atoms with Crippen LogP contribution >= 0.6 is 11.3 Å². The van der Waals surface area contributed by atoms with Gasteiger partial charge in [-0.1, -0.05) is 66.7 Å². The number of hydrogen-bond donors (Lipinski definition) is 1. The molecule has 0 aliphatic carbocycles. The fraction of sp³-hybridized carbons (Fsp3) is 0.0833. The van der Waals surface area contributed by atoms with Gasteiger partial charge in [0.15, 0.2) is 0 Å². The van der Waals surface area contributed by atoms with Gasteiger partial charge < -0.3 is 5.32 Å². The predicted octanol–water partition coefficient (Wildman–Crippen LogP) is 4.98. The number of aromatic nitrogens is 1. The van der Waals surface area contributed by atoms with Gasteiger partial charge in [0.05, 0.1) is 10.6 Å². The molecule has 4 aromatic rings. The highest BCUT2D eigenvalue weighted by Crippen LogP contribution is 2.34. The molecular weight excluding hydrogens is 442 g/mol. The van der Waals surface area contributed by atoms with Crippen LogP contribution in [0, 0.1) is 0 Å². The lowest BCUT2D eigenvalue weighted by atomic mass is 10.1. The highest BCUT2D eigenvalue weighted by Gasteiger charge is 2.22. The van der Waals surface area contributed by atoms with E-state index in [0.717, 1.165) is 20.4 Å². The number of nitrogens with zero attached hydrogens (tertiary/aromatic N) is 2. The number of anilines is 1. The Labute approximate surface area is 191 Å². The molecule has 8 heteroatoms. The van der Waals surface area contributed by atoms with Crippen LogP contribution in [0.2, 0.25) is 0 Å². The molecule has 1 aromatic heterocycles. The molecule has 0 aliphatic heterocycles. The topological polar surface area (TPSA) is 79.4 Å². The van der Waals surface area contributed by atoms with Gasteiger partial charge in [0.2, 0.25) is 10.0 Å². The van der Waals surface area contributed by atoms with Crippen molar-refractivity contribution in [1.82, 2.24) is 9.29 Å². The van der Waals surface area contributed by atoms with Crippen LogP contribution in [0.4, 0.5) is 5.69 Å². The van der Waals surface area contributed by atoms with Crippen LogP contribution in [0.25, 0.3) is 21.8 Å². The molecule has 1 amide bonds. The number of benzene rings is 3. The maximum Gasteiger partial charge on any atom is 0.268 e. The van der Waals surface area contributed by atoms with Gasteiger partial charge in [0.25, 0.3) is 5.91 Å². The zero-order chi connectivity index (χ0) is 22.7. The summed E-state index contributed by atoms with van der Waals surface area (Å²) in [5.41, 5.74) is 2.74. The monoisotopic (exact) mass is 463 g/mol. The SMILES string of the molecule is CN(C)S(=O)(=O)c1cccc(NC(=O)c2sc(-c3ccccc3)nc2-c2ccccc2)c1. The van der Waals surface area contributed by atoms with Crippen LogP contribution in [-0.2, 0) is 10.0 Å². The maximum atomic E-state index is 13.2. The molecule has 162 valence electrons. The first kappa shape index (κ1) is 21.9. The lowest BCUT2D eigenvalue weighted by Crippen LogP contribution is -2.22. The Morgan fingerprint density at radius 3 is 2.12 bits per heavy atom. The second kappa shape index (κ2) is 9.04. The van der Waals surface area contributed by atoms with Gasteiger partial charge in [-0.2, -0.15) is 0 Å². The minimum Gasteiger partial charge on any atom is -0.321 e. The smallest absolute Gasteiger partial charge is 0.268 e. The molecule has 1 heterocycles. The van der Waals surface area contributed by atoms with Crippen LogP contribution in [0.5, 0.6) is 0 Å². The number of hydrogen-bond acceptors (Lipinski definition) is 5. The van der Waals surface area contributed by atoms with E-state index in [4.69, 9.17) is 4.98 Å². The molecule has 0 saturated carbocycles. The molecule has 0 bridgehead atoms. The van der Waals surface area contributed by atoms with Gasteiger partial charge in [-0.15, -0.1) is 11.3 Å². The van der Waals surface area contributed by atoms with Crippen molar-refractivity contribution in [3.63, 3.8) is 0 Å². The van der Waals surface area contributed by atoms with Crippen molar-refractivity contribution in [3.8, 4) is 21.8 Å². The number of thiazole rings is 1. The quantitative estimate of drug-likeness (QED) is 0.437. The molecule has 0 spiro atoms. The van der Waals surface area contributed by atoms with E-state index in [1.807, 2.05) is 60.7 Å². The van der Waals surface area contributed by atoms with Crippen LogP contribution in [0.1, 0.15) is 9.67 Å². The molecule has 0 atom stereocenters. The second-order valence-corrected chi connectivity index (χ2v) is 10.3. The zero-order valence-corrected chi connectivity index (χ0v) is 19.2. The standard InChI is InChI=1S/C24H21N3O3S2/c1-27(2)32(29,30)20-15-9-14-19(16-20)25-23(28)22-21(17-10-5-3-6-11-17)26-24(31-22)18-12-7-4-8-13-18/h3-16H,1-2H3,(H,25,28). The largest absolute Gasteiger partial charge is 0.321 e. The predicted molar refractivity (Wildman–Crippen MR) is 128 cm³/mol. The second-order valence-electron chi connectivity index (χ2n) is 7.20. The molecule has 0 fully saturated rings. The first-order valence-corrected chi connectivity index (χ1v) is 12.1. The first-order valence-electron chi connectivity index (χ1n) is 9.82. The third-order valence-corrected chi connectivity index (χ3v) is 7.69. The lowest BCUT2D eigenvalue weighted by molar-refractivity contribution is 0.103. The van der Waals surface area contributed by atoms with Crippen molar-refractivity contribution in [2.75, 3.05) is 19.4 Å². The number of carbonyl (C=O) groups is 1. The highest BCUT2D eigenvalue weighted by atomic mass is 32.2. The summed E-state index contributed by atoms with van der Waals surface area (Å²) < 4.78 is 26.0. The highest BCUT2D eigenvalue weighted by molar-refractivity contribution is 7.89. The fourth-order valence-electron chi connectivity index (χ4n) is 3.10. The Bertz CT molecular complexity index is 1350. The van der Waals surface area contributed by atoms with E-state index in [0.29, 0.717) is 16.3 Å². The number of nitrogens with one attached hydrogen (secondary N) is 1. The molecule has 0 aliphatic rings. The minimum absolute atomic E-state index is 0.109. The van der Waals surface area contributed by atoms with Gasteiger partial charge >= 0.3 is 0 Å². The number of rotatable bonds is 6. The van der Waals surface area contributed by atoms with E-state index in [2.05, 4.69) is 5.32 Å². The van der Waals surface area contributed by atoms with Crippen LogP contribution in [-0.4, -0.2) is 37.7 Å². The molecular formula is C24H21N3O3S2. The maximum absolute atomic E-state index is 13.2. The fourth-order valence-corrected chi connectivity index (χ4v) is 5.04. The van der Waals surface area contributed by atoms with Gasteiger partial charge in [-0.25, -0.2) is 17.7 Å². The summed E-state index contributed by atoms with van der Waals surface area (Å²) in [6.07, 6.45) is 0. The normalized spacial score (nSPS) is 11.5. The van der Waals surface area contributed by atoms with Crippen LogP contribution in [0.15, 0.2) is 89.8 Å². The van der Waals surface area contributed by atoms with Crippen molar-refractivity contribution in [2.45, 2.75) is 4.90 Å². The summed E-state index contributed by atoms with van der Waals surface area (Å²) in [4.78, 5) is 18.6. The van der Waals surface area contributed by atoms with E-state index in [1.165, 1.54) is 37.6 Å². The summed E-state index contributed by atoms with van der Waals surface area (Å²) in [6.45, 7) is 0.